The Morgan fingerprint density at radius 2 is 1.77 bits per heavy atom. The number of Topliss-reactive ketones (excluding diaryl/α,β-unsaturated/α-hetero) is 1. The van der Waals surface area contributed by atoms with Crippen LogP contribution in [-0.4, -0.2) is 32.2 Å². The molecule has 0 fully saturated rings. The van der Waals surface area contributed by atoms with Crippen molar-refractivity contribution in [3.05, 3.63) is 32.7 Å². The Hall–Kier alpha value is -0.650. The minimum Gasteiger partial charge on any atom is -0.489 e. The summed E-state index contributed by atoms with van der Waals surface area (Å²) in [6, 6.07) is 3.13. The van der Waals surface area contributed by atoms with E-state index in [1.807, 2.05) is 0 Å². The van der Waals surface area contributed by atoms with Crippen molar-refractivity contribution < 1.29 is 19.0 Å². The zero-order chi connectivity index (χ0) is 16.5. The molecule has 8 heteroatoms. The van der Waals surface area contributed by atoms with Gasteiger partial charge in [0.1, 0.15) is 30.1 Å². The van der Waals surface area contributed by atoms with E-state index in [1.54, 1.807) is 12.1 Å². The van der Waals surface area contributed by atoms with E-state index in [9.17, 15) is 4.79 Å². The van der Waals surface area contributed by atoms with Crippen LogP contribution >= 0.6 is 46.4 Å². The number of carbonyl (C=O) groups excluding carboxylic acids is 1. The maximum atomic E-state index is 10.7. The highest BCUT2D eigenvalue weighted by molar-refractivity contribution is 6.55. The van der Waals surface area contributed by atoms with E-state index < -0.39 is 0 Å². The molecule has 0 N–H and O–H groups in total. The molecule has 0 bridgehead atoms. The quantitative estimate of drug-likeness (QED) is 0.577. The summed E-state index contributed by atoms with van der Waals surface area (Å²) < 4.78 is 16.0. The van der Waals surface area contributed by atoms with Crippen molar-refractivity contribution in [2.24, 2.45) is 0 Å². The second kappa shape index (κ2) is 10.2. The molecule has 0 unspecified atom stereocenters. The van der Waals surface area contributed by atoms with Crippen LogP contribution in [0.5, 0.6) is 11.5 Å². The predicted octanol–water partition coefficient (Wildman–Crippen LogP) is 4.68. The molecule has 0 amide bonds. The zero-order valence-electron chi connectivity index (χ0n) is 11.7. The van der Waals surface area contributed by atoms with Crippen LogP contribution in [-0.2, 0) is 9.53 Å². The fourth-order valence-electron chi connectivity index (χ4n) is 1.38. The molecule has 0 spiro atoms. The van der Waals surface area contributed by atoms with Crippen molar-refractivity contribution in [1.82, 2.24) is 0 Å². The highest BCUT2D eigenvalue weighted by atomic mass is 35.5. The van der Waals surface area contributed by atoms with Crippen LogP contribution in [0.15, 0.2) is 22.7 Å². The summed E-state index contributed by atoms with van der Waals surface area (Å²) in [7, 11) is 0. The molecule has 1 rings (SSSR count). The lowest BCUT2D eigenvalue weighted by Crippen LogP contribution is -2.11. The molecule has 22 heavy (non-hydrogen) atoms. The van der Waals surface area contributed by atoms with Gasteiger partial charge in [0.05, 0.1) is 16.7 Å². The smallest absolute Gasteiger partial charge is 0.156 e. The first-order valence-electron chi connectivity index (χ1n) is 6.23. The first kappa shape index (κ1) is 19.4. The molecule has 0 aliphatic rings. The lowest BCUT2D eigenvalue weighted by molar-refractivity contribution is -0.121. The van der Waals surface area contributed by atoms with Gasteiger partial charge >= 0.3 is 0 Å². The van der Waals surface area contributed by atoms with Crippen molar-refractivity contribution in [3.8, 4) is 11.5 Å². The molecule has 1 aromatic rings. The maximum absolute atomic E-state index is 10.7. The Kier molecular flexibility index (Phi) is 8.98. The van der Waals surface area contributed by atoms with Gasteiger partial charge in [0.2, 0.25) is 0 Å². The lowest BCUT2D eigenvalue weighted by atomic mass is 10.3. The van der Waals surface area contributed by atoms with Gasteiger partial charge in [-0.2, -0.15) is 0 Å². The van der Waals surface area contributed by atoms with E-state index in [0.717, 1.165) is 0 Å². The normalized spacial score (nSPS) is 10.2. The van der Waals surface area contributed by atoms with E-state index in [1.165, 1.54) is 13.0 Å². The van der Waals surface area contributed by atoms with Gasteiger partial charge in [-0.15, -0.1) is 0 Å². The Balaban J connectivity index is 2.54. The SMILES string of the molecule is CC(=O)COCCOc1c(Cl)cc(OCC=C(Cl)Cl)cc1Cl. The number of hydrogen-bond donors (Lipinski definition) is 0. The third-order valence-corrected chi connectivity index (χ3v) is 3.11. The molecule has 0 saturated carbocycles. The van der Waals surface area contributed by atoms with Crippen molar-refractivity contribution >= 4 is 52.2 Å². The highest BCUT2D eigenvalue weighted by Crippen LogP contribution is 2.36. The fraction of sp³-hybridized carbons (Fsp3) is 0.357. The number of halogens is 4. The molecule has 0 aromatic heterocycles. The summed E-state index contributed by atoms with van der Waals surface area (Å²) in [4.78, 5) is 10.7. The van der Waals surface area contributed by atoms with Crippen molar-refractivity contribution in [2.75, 3.05) is 26.4 Å². The molecule has 0 aliphatic carbocycles. The summed E-state index contributed by atoms with van der Waals surface area (Å²) in [6.45, 7) is 2.16. The summed E-state index contributed by atoms with van der Waals surface area (Å²) in [6.07, 6.45) is 1.49. The predicted molar refractivity (Wildman–Crippen MR) is 88.7 cm³/mol. The fourth-order valence-corrected chi connectivity index (χ4v) is 2.08. The standard InChI is InChI=1S/C14H14Cl4O4/c1-9(19)8-20-4-5-22-14-11(15)6-10(7-12(14)16)21-3-2-13(17)18/h2,6-7H,3-5,8H2,1H3. The Morgan fingerprint density at radius 3 is 2.32 bits per heavy atom. The van der Waals surface area contributed by atoms with Crippen LogP contribution in [0.3, 0.4) is 0 Å². The molecular formula is C14H14Cl4O4. The van der Waals surface area contributed by atoms with Gasteiger partial charge in [-0.1, -0.05) is 46.4 Å². The molecule has 0 heterocycles. The van der Waals surface area contributed by atoms with Gasteiger partial charge in [0.15, 0.2) is 11.5 Å². The highest BCUT2D eigenvalue weighted by Gasteiger charge is 2.10. The van der Waals surface area contributed by atoms with Gasteiger partial charge in [0, 0.05) is 12.1 Å². The molecule has 0 atom stereocenters. The van der Waals surface area contributed by atoms with Crippen LogP contribution in [0.4, 0.5) is 0 Å². The van der Waals surface area contributed by atoms with Gasteiger partial charge in [-0.25, -0.2) is 0 Å². The first-order chi connectivity index (χ1) is 10.4. The number of hydrogen-bond acceptors (Lipinski definition) is 4. The van der Waals surface area contributed by atoms with Crippen molar-refractivity contribution in [2.45, 2.75) is 6.92 Å². The summed E-state index contributed by atoms with van der Waals surface area (Å²) in [5.74, 6) is 0.734. The van der Waals surface area contributed by atoms with Gasteiger partial charge in [-0.05, 0) is 13.0 Å². The third-order valence-electron chi connectivity index (χ3n) is 2.24. The van der Waals surface area contributed by atoms with E-state index in [-0.39, 0.29) is 36.7 Å². The Bertz CT molecular complexity index is 519. The van der Waals surface area contributed by atoms with Crippen LogP contribution in [0, 0.1) is 0 Å². The maximum Gasteiger partial charge on any atom is 0.156 e. The lowest BCUT2D eigenvalue weighted by Gasteiger charge is -2.12. The number of ether oxygens (including phenoxy) is 3. The number of carbonyl (C=O) groups is 1. The largest absolute Gasteiger partial charge is 0.489 e. The summed E-state index contributed by atoms with van der Waals surface area (Å²) in [5, 5.41) is 0.602. The van der Waals surface area contributed by atoms with Crippen molar-refractivity contribution in [3.63, 3.8) is 0 Å². The molecule has 122 valence electrons. The van der Waals surface area contributed by atoms with Crippen LogP contribution in [0.1, 0.15) is 6.92 Å². The van der Waals surface area contributed by atoms with Crippen LogP contribution < -0.4 is 9.47 Å². The minimum atomic E-state index is -0.0522. The molecule has 0 radical (unpaired) electrons. The van der Waals surface area contributed by atoms with Crippen molar-refractivity contribution in [1.29, 1.82) is 0 Å². The molecule has 0 saturated heterocycles. The first-order valence-corrected chi connectivity index (χ1v) is 7.74. The number of ketones is 1. The van der Waals surface area contributed by atoms with E-state index in [2.05, 4.69) is 0 Å². The number of benzene rings is 1. The van der Waals surface area contributed by atoms with Crippen LogP contribution in [0.2, 0.25) is 10.0 Å². The zero-order valence-corrected chi connectivity index (χ0v) is 14.7. The summed E-state index contributed by atoms with van der Waals surface area (Å²) >= 11 is 23.1. The van der Waals surface area contributed by atoms with Crippen LogP contribution in [0.25, 0.3) is 0 Å². The average Bonchev–Trinajstić information content (AvgIpc) is 2.40. The third kappa shape index (κ3) is 7.56. The van der Waals surface area contributed by atoms with E-state index in [0.29, 0.717) is 21.5 Å². The monoisotopic (exact) mass is 386 g/mol. The van der Waals surface area contributed by atoms with Gasteiger partial charge in [0.25, 0.3) is 0 Å². The van der Waals surface area contributed by atoms with Gasteiger partial charge in [-0.3, -0.25) is 4.79 Å². The minimum absolute atomic E-state index is 0.0499. The van der Waals surface area contributed by atoms with E-state index in [4.69, 9.17) is 60.6 Å². The Labute approximate surface area is 148 Å². The van der Waals surface area contributed by atoms with E-state index >= 15 is 0 Å². The number of rotatable bonds is 9. The second-order valence-corrected chi connectivity index (χ2v) is 5.95. The Morgan fingerprint density at radius 1 is 1.14 bits per heavy atom. The summed E-state index contributed by atoms with van der Waals surface area (Å²) in [5.41, 5.74) is 0. The topological polar surface area (TPSA) is 44.8 Å². The second-order valence-electron chi connectivity index (χ2n) is 4.12. The molecule has 4 nitrogen and oxygen atoms in total. The van der Waals surface area contributed by atoms with Gasteiger partial charge < -0.3 is 14.2 Å². The molecule has 0 aliphatic heterocycles. The average molecular weight is 388 g/mol. The molecular weight excluding hydrogens is 374 g/mol. The molecule has 1 aromatic carbocycles.